The van der Waals surface area contributed by atoms with Gasteiger partial charge in [0.1, 0.15) is 5.54 Å². The maximum absolute atomic E-state index is 12.8. The Morgan fingerprint density at radius 2 is 1.81 bits per heavy atom. The van der Waals surface area contributed by atoms with E-state index in [4.69, 9.17) is 0 Å². The predicted octanol–water partition coefficient (Wildman–Crippen LogP) is 3.59. The monoisotopic (exact) mass is 317 g/mol. The van der Waals surface area contributed by atoms with E-state index in [2.05, 4.69) is 5.32 Å². The zero-order chi connectivity index (χ0) is 15.5. The van der Waals surface area contributed by atoms with Crippen LogP contribution in [0.25, 0.3) is 0 Å². The zero-order valence-corrected chi connectivity index (χ0v) is 12.2. The maximum atomic E-state index is 12.8. The summed E-state index contributed by atoms with van der Waals surface area (Å²) in [5.41, 5.74) is -1.80. The fraction of sp³-hybridized carbons (Fsp3) is 0.571. The summed E-state index contributed by atoms with van der Waals surface area (Å²) >= 11 is 1.01. The van der Waals surface area contributed by atoms with Gasteiger partial charge in [0.15, 0.2) is 0 Å². The Hall–Kier alpha value is -1.50. The van der Waals surface area contributed by atoms with Crippen molar-refractivity contribution < 1.29 is 23.5 Å². The topological polar surface area (TPSA) is 66.4 Å². The molecule has 0 bridgehead atoms. The summed E-state index contributed by atoms with van der Waals surface area (Å²) in [6.07, 6.45) is 1.18. The number of hydrogen-bond acceptors (Lipinski definition) is 3. The second-order valence-electron chi connectivity index (χ2n) is 5.30. The Bertz CT molecular complexity index is 522. The molecular weight excluding hydrogens is 300 g/mol. The van der Waals surface area contributed by atoms with Gasteiger partial charge in [0.05, 0.1) is 5.56 Å². The number of amides is 1. The largest absolute Gasteiger partial charge is 0.480 e. The summed E-state index contributed by atoms with van der Waals surface area (Å²) in [4.78, 5) is 23.8. The van der Waals surface area contributed by atoms with Gasteiger partial charge in [0.25, 0.3) is 12.3 Å². The molecule has 1 fully saturated rings. The zero-order valence-electron chi connectivity index (χ0n) is 11.4. The first-order chi connectivity index (χ1) is 9.96. The Labute approximate surface area is 125 Å². The minimum absolute atomic E-state index is 0.125. The lowest BCUT2D eigenvalue weighted by molar-refractivity contribution is -0.145. The fourth-order valence-corrected chi connectivity index (χ4v) is 3.49. The van der Waals surface area contributed by atoms with Crippen LogP contribution in [0.5, 0.6) is 0 Å². The van der Waals surface area contributed by atoms with Gasteiger partial charge in [-0.15, -0.1) is 0 Å². The van der Waals surface area contributed by atoms with E-state index >= 15 is 0 Å². The number of halogens is 2. The molecule has 0 saturated heterocycles. The van der Waals surface area contributed by atoms with Crippen molar-refractivity contribution in [2.45, 2.75) is 50.5 Å². The molecule has 0 unspecified atom stereocenters. The molecule has 1 saturated carbocycles. The van der Waals surface area contributed by atoms with Crippen molar-refractivity contribution in [1.29, 1.82) is 0 Å². The molecule has 2 rings (SSSR count). The van der Waals surface area contributed by atoms with Crippen molar-refractivity contribution >= 4 is 23.2 Å². The number of carboxylic acids is 1. The van der Waals surface area contributed by atoms with E-state index in [1.165, 1.54) is 10.8 Å². The molecule has 7 heteroatoms. The van der Waals surface area contributed by atoms with Crippen molar-refractivity contribution in [3.05, 3.63) is 21.9 Å². The molecule has 2 N–H and O–H groups in total. The molecule has 4 nitrogen and oxygen atoms in total. The van der Waals surface area contributed by atoms with Crippen molar-refractivity contribution in [3.63, 3.8) is 0 Å². The molecule has 1 aromatic rings. The van der Waals surface area contributed by atoms with Crippen molar-refractivity contribution in [2.24, 2.45) is 0 Å². The molecule has 0 spiro atoms. The fourth-order valence-electron chi connectivity index (χ4n) is 2.67. The first-order valence-electron chi connectivity index (χ1n) is 6.86. The third-order valence-corrected chi connectivity index (χ3v) is 4.65. The highest BCUT2D eigenvalue weighted by Crippen LogP contribution is 2.30. The molecule has 116 valence electrons. The molecule has 1 aromatic heterocycles. The summed E-state index contributed by atoms with van der Waals surface area (Å²) in [5.74, 6) is -1.82. The predicted molar refractivity (Wildman–Crippen MR) is 74.8 cm³/mol. The van der Waals surface area contributed by atoms with Crippen LogP contribution in [0, 0.1) is 0 Å². The van der Waals surface area contributed by atoms with E-state index < -0.39 is 23.8 Å². The summed E-state index contributed by atoms with van der Waals surface area (Å²) in [5, 5.41) is 14.5. The van der Waals surface area contributed by atoms with Gasteiger partial charge in [-0.1, -0.05) is 25.7 Å². The van der Waals surface area contributed by atoms with Crippen LogP contribution in [-0.2, 0) is 4.79 Å². The van der Waals surface area contributed by atoms with Crippen LogP contribution < -0.4 is 5.32 Å². The number of carboxylic acid groups (broad SMARTS) is 1. The number of aliphatic carboxylic acids is 1. The van der Waals surface area contributed by atoms with Crippen molar-refractivity contribution in [1.82, 2.24) is 5.32 Å². The highest BCUT2D eigenvalue weighted by Gasteiger charge is 2.40. The van der Waals surface area contributed by atoms with Gasteiger partial charge in [-0.25, -0.2) is 13.6 Å². The van der Waals surface area contributed by atoms with E-state index in [0.29, 0.717) is 25.7 Å². The summed E-state index contributed by atoms with van der Waals surface area (Å²) < 4.78 is 25.7. The van der Waals surface area contributed by atoms with Crippen LogP contribution >= 0.6 is 11.3 Å². The average molecular weight is 317 g/mol. The lowest BCUT2D eigenvalue weighted by Gasteiger charge is -2.29. The van der Waals surface area contributed by atoms with Gasteiger partial charge < -0.3 is 10.4 Å². The maximum Gasteiger partial charge on any atom is 0.329 e. The van der Waals surface area contributed by atoms with Crippen molar-refractivity contribution in [2.75, 3.05) is 0 Å². The summed E-state index contributed by atoms with van der Waals surface area (Å²) in [7, 11) is 0. The number of nitrogens with one attached hydrogen (secondary N) is 1. The first-order valence-corrected chi connectivity index (χ1v) is 7.81. The normalized spacial score (nSPS) is 18.2. The molecular formula is C14H17F2NO3S. The second kappa shape index (κ2) is 6.51. The SMILES string of the molecule is O=C(NC1(C(=O)O)CCCCCC1)c1cscc1C(F)F. The summed E-state index contributed by atoms with van der Waals surface area (Å²) in [6.45, 7) is 0. The molecule has 0 radical (unpaired) electrons. The highest BCUT2D eigenvalue weighted by molar-refractivity contribution is 7.08. The van der Waals surface area contributed by atoms with Crippen LogP contribution in [0.1, 0.15) is 60.9 Å². The van der Waals surface area contributed by atoms with Crippen LogP contribution in [0.15, 0.2) is 10.8 Å². The van der Waals surface area contributed by atoms with Crippen molar-refractivity contribution in [3.8, 4) is 0 Å². The van der Waals surface area contributed by atoms with Crippen LogP contribution in [-0.4, -0.2) is 22.5 Å². The number of rotatable bonds is 4. The lowest BCUT2D eigenvalue weighted by atomic mass is 9.89. The van der Waals surface area contributed by atoms with E-state index in [1.807, 2.05) is 0 Å². The number of carbonyl (C=O) groups excluding carboxylic acids is 1. The van der Waals surface area contributed by atoms with E-state index in [9.17, 15) is 23.5 Å². The molecule has 1 aliphatic rings. The van der Waals surface area contributed by atoms with Gasteiger partial charge >= 0.3 is 5.97 Å². The quantitative estimate of drug-likeness (QED) is 0.834. The van der Waals surface area contributed by atoms with E-state index in [-0.39, 0.29) is 11.1 Å². The third kappa shape index (κ3) is 3.40. The number of thiophene rings is 1. The van der Waals surface area contributed by atoms with E-state index in [0.717, 1.165) is 24.2 Å². The second-order valence-corrected chi connectivity index (χ2v) is 6.04. The molecule has 1 amide bonds. The molecule has 0 aromatic carbocycles. The molecule has 0 aliphatic heterocycles. The average Bonchev–Trinajstić information content (AvgIpc) is 2.80. The minimum Gasteiger partial charge on any atom is -0.480 e. The van der Waals surface area contributed by atoms with Crippen LogP contribution in [0.3, 0.4) is 0 Å². The summed E-state index contributed by atoms with van der Waals surface area (Å²) in [6, 6.07) is 0. The number of carbonyl (C=O) groups is 2. The molecule has 1 aliphatic carbocycles. The number of alkyl halides is 2. The third-order valence-electron chi connectivity index (χ3n) is 3.89. The van der Waals surface area contributed by atoms with Gasteiger partial charge in [-0.05, 0) is 12.8 Å². The molecule has 1 heterocycles. The van der Waals surface area contributed by atoms with Crippen LogP contribution in [0.4, 0.5) is 8.78 Å². The first kappa shape index (κ1) is 15.9. The smallest absolute Gasteiger partial charge is 0.329 e. The van der Waals surface area contributed by atoms with Crippen LogP contribution in [0.2, 0.25) is 0 Å². The van der Waals surface area contributed by atoms with Gasteiger partial charge in [-0.2, -0.15) is 11.3 Å². The lowest BCUT2D eigenvalue weighted by Crippen LogP contribution is -2.54. The Morgan fingerprint density at radius 1 is 1.19 bits per heavy atom. The minimum atomic E-state index is -2.74. The molecule has 21 heavy (non-hydrogen) atoms. The number of hydrogen-bond donors (Lipinski definition) is 2. The van der Waals surface area contributed by atoms with Gasteiger partial charge in [0, 0.05) is 16.3 Å². The molecule has 0 atom stereocenters. The van der Waals surface area contributed by atoms with Gasteiger partial charge in [-0.3, -0.25) is 4.79 Å². The van der Waals surface area contributed by atoms with Gasteiger partial charge in [0.2, 0.25) is 0 Å². The Balaban J connectivity index is 2.22. The van der Waals surface area contributed by atoms with E-state index in [1.54, 1.807) is 0 Å². The highest BCUT2D eigenvalue weighted by atomic mass is 32.1. The Kier molecular flexibility index (Phi) is 4.92. The standard InChI is InChI=1S/C14H17F2NO3S/c15-11(16)9-7-21-8-10(9)12(18)17-14(13(19)20)5-3-1-2-4-6-14/h7-8,11H,1-6H2,(H,17,18)(H,19,20). The Morgan fingerprint density at radius 3 is 2.33 bits per heavy atom.